The van der Waals surface area contributed by atoms with Crippen molar-refractivity contribution >= 4 is 0 Å². The lowest BCUT2D eigenvalue weighted by atomic mass is 9.46. The average Bonchev–Trinajstić information content (AvgIpc) is 3.02. The van der Waals surface area contributed by atoms with Crippen molar-refractivity contribution in [2.24, 2.45) is 40.4 Å². The third-order valence-electron chi connectivity index (χ3n) is 10.6. The third-order valence-corrected chi connectivity index (χ3v) is 10.6. The molecule has 0 radical (unpaired) electrons. The Morgan fingerprint density at radius 1 is 1.03 bits per heavy atom. The molecule has 9 atom stereocenters. The summed E-state index contributed by atoms with van der Waals surface area (Å²) < 4.78 is 37.8. The Morgan fingerprint density at radius 2 is 1.75 bits per heavy atom. The quantitative estimate of drug-likeness (QED) is 0.435. The number of aliphatic hydroxyl groups is 2. The van der Waals surface area contributed by atoms with Crippen molar-refractivity contribution < 1.29 is 23.4 Å². The zero-order valence-electron chi connectivity index (χ0n) is 20.3. The molecule has 2 nitrogen and oxygen atoms in total. The molecule has 184 valence electrons. The van der Waals surface area contributed by atoms with Gasteiger partial charge in [-0.2, -0.15) is 13.2 Å². The third kappa shape index (κ3) is 4.42. The van der Waals surface area contributed by atoms with E-state index in [1.165, 1.54) is 31.3 Å². The van der Waals surface area contributed by atoms with Crippen LogP contribution in [0.4, 0.5) is 13.2 Å². The molecule has 0 saturated heterocycles. The maximum atomic E-state index is 12.6. The second-order valence-corrected chi connectivity index (χ2v) is 12.7. The number of halogens is 3. The minimum absolute atomic E-state index is 0.220. The summed E-state index contributed by atoms with van der Waals surface area (Å²) in [6.07, 6.45) is 5.46. The summed E-state index contributed by atoms with van der Waals surface area (Å²) in [5, 5.41) is 20.5. The fourth-order valence-corrected chi connectivity index (χ4v) is 8.81. The zero-order valence-corrected chi connectivity index (χ0v) is 20.3. The van der Waals surface area contributed by atoms with E-state index in [1.54, 1.807) is 0 Å². The van der Waals surface area contributed by atoms with Crippen molar-refractivity contribution in [2.75, 3.05) is 0 Å². The molecule has 0 amide bonds. The first kappa shape index (κ1) is 24.6. The van der Waals surface area contributed by atoms with E-state index in [0.717, 1.165) is 25.7 Å². The maximum absolute atomic E-state index is 12.6. The van der Waals surface area contributed by atoms with E-state index in [-0.39, 0.29) is 17.3 Å². The van der Waals surface area contributed by atoms with Gasteiger partial charge in [-0.3, -0.25) is 0 Å². The van der Waals surface area contributed by atoms with Gasteiger partial charge >= 0.3 is 6.18 Å². The number of hydrogen-bond acceptors (Lipinski definition) is 2. The molecule has 2 N–H and O–H groups in total. The summed E-state index contributed by atoms with van der Waals surface area (Å²) >= 11 is 0. The van der Waals surface area contributed by atoms with E-state index in [2.05, 4.69) is 26.8 Å². The number of allylic oxidation sites excluding steroid dienone is 1. The van der Waals surface area contributed by atoms with Gasteiger partial charge in [0, 0.05) is 0 Å². The van der Waals surface area contributed by atoms with Crippen molar-refractivity contribution in [3.63, 3.8) is 0 Å². The molecule has 5 heteroatoms. The number of hydrogen-bond donors (Lipinski definition) is 2. The fraction of sp³-hybridized carbons (Fsp3) is 0.926. The van der Waals surface area contributed by atoms with Gasteiger partial charge in [0.15, 0.2) is 0 Å². The second-order valence-electron chi connectivity index (χ2n) is 12.7. The molecular formula is C27H43F3O2. The molecule has 4 aliphatic carbocycles. The lowest BCUT2D eigenvalue weighted by Gasteiger charge is -2.59. The molecule has 0 bridgehead atoms. The maximum Gasteiger partial charge on any atom is 0.391 e. The first-order valence-electron chi connectivity index (χ1n) is 12.9. The molecule has 4 rings (SSSR count). The smallest absolute Gasteiger partial charge is 0.391 e. The van der Waals surface area contributed by atoms with Gasteiger partial charge in [-0.1, -0.05) is 32.4 Å². The summed E-state index contributed by atoms with van der Waals surface area (Å²) in [7, 11) is 0. The summed E-state index contributed by atoms with van der Waals surface area (Å²) in [6.45, 7) is 9.09. The Morgan fingerprint density at radius 3 is 2.44 bits per heavy atom. The number of rotatable bonds is 5. The minimum Gasteiger partial charge on any atom is -0.393 e. The van der Waals surface area contributed by atoms with Crippen LogP contribution < -0.4 is 0 Å². The van der Waals surface area contributed by atoms with Crippen molar-refractivity contribution in [3.8, 4) is 0 Å². The van der Waals surface area contributed by atoms with Gasteiger partial charge in [0.05, 0.1) is 18.1 Å². The lowest BCUT2D eigenvalue weighted by molar-refractivity contribution is -0.154. The molecule has 0 aliphatic heterocycles. The van der Waals surface area contributed by atoms with Crippen LogP contribution >= 0.6 is 0 Å². The molecule has 0 spiro atoms. The molecule has 0 aromatic heterocycles. The van der Waals surface area contributed by atoms with Crippen LogP contribution in [0.3, 0.4) is 0 Å². The second kappa shape index (κ2) is 8.29. The van der Waals surface area contributed by atoms with Crippen LogP contribution in [0.15, 0.2) is 11.6 Å². The fourth-order valence-electron chi connectivity index (χ4n) is 8.81. The van der Waals surface area contributed by atoms with Crippen molar-refractivity contribution in [1.29, 1.82) is 0 Å². The van der Waals surface area contributed by atoms with Crippen LogP contribution in [-0.4, -0.2) is 28.1 Å². The Hall–Kier alpha value is -0.550. The Kier molecular flexibility index (Phi) is 6.36. The van der Waals surface area contributed by atoms with Crippen LogP contribution in [0, 0.1) is 40.4 Å². The van der Waals surface area contributed by atoms with Gasteiger partial charge in [-0.15, -0.1) is 0 Å². The molecule has 3 fully saturated rings. The molecule has 0 aromatic rings. The molecule has 4 aliphatic rings. The first-order chi connectivity index (χ1) is 14.8. The van der Waals surface area contributed by atoms with E-state index in [1.807, 2.05) is 6.92 Å². The van der Waals surface area contributed by atoms with E-state index < -0.39 is 24.3 Å². The van der Waals surface area contributed by atoms with E-state index in [9.17, 15) is 23.4 Å². The van der Waals surface area contributed by atoms with Crippen LogP contribution in [0.1, 0.15) is 98.3 Å². The Balaban J connectivity index is 1.44. The SMILES string of the molecule is C[C@H](CC[C@@H](O)CC(F)(F)F)[C@H]1CC[C@H]2[C@@H]3CC=C4C[C@@](C)(O)CCC4(C)[C@H]3CC[C@]12C. The van der Waals surface area contributed by atoms with Crippen LogP contribution in [-0.2, 0) is 0 Å². The molecule has 1 unspecified atom stereocenters. The normalized spacial score (nSPS) is 46.0. The molecule has 0 heterocycles. The summed E-state index contributed by atoms with van der Waals surface area (Å²) in [6, 6.07) is 0. The van der Waals surface area contributed by atoms with Crippen LogP contribution in [0.5, 0.6) is 0 Å². The monoisotopic (exact) mass is 456 g/mol. The average molecular weight is 457 g/mol. The highest BCUT2D eigenvalue weighted by molar-refractivity contribution is 5.26. The van der Waals surface area contributed by atoms with Gasteiger partial charge in [0.25, 0.3) is 0 Å². The van der Waals surface area contributed by atoms with Crippen LogP contribution in [0.2, 0.25) is 0 Å². The van der Waals surface area contributed by atoms with Gasteiger partial charge in [0.2, 0.25) is 0 Å². The first-order valence-corrected chi connectivity index (χ1v) is 12.9. The highest BCUT2D eigenvalue weighted by Crippen LogP contribution is 2.67. The summed E-state index contributed by atoms with van der Waals surface area (Å²) in [5.41, 5.74) is 1.40. The molecular weight excluding hydrogens is 413 g/mol. The van der Waals surface area contributed by atoms with Crippen molar-refractivity contribution in [1.82, 2.24) is 0 Å². The Bertz CT molecular complexity index is 729. The summed E-state index contributed by atoms with van der Waals surface area (Å²) in [5.74, 6) is 2.96. The highest BCUT2D eigenvalue weighted by Gasteiger charge is 2.59. The van der Waals surface area contributed by atoms with Crippen molar-refractivity contribution in [3.05, 3.63) is 11.6 Å². The van der Waals surface area contributed by atoms with E-state index >= 15 is 0 Å². The molecule has 3 saturated carbocycles. The standard InChI is InChI=1S/C27H43F3O2/c1-17(5-7-19(31)16-27(28,29)30)21-9-10-22-20-8-6-18-15-24(2,32)13-14-25(18,3)23(20)11-12-26(21,22)4/h6,17,19-23,31-32H,5,7-16H2,1-4H3/t17-,19-,20+,21-,22+,23+,24+,25?,26-/m1/s1. The van der Waals surface area contributed by atoms with Gasteiger partial charge in [-0.25, -0.2) is 0 Å². The van der Waals surface area contributed by atoms with Crippen molar-refractivity contribution in [2.45, 2.75) is 116 Å². The lowest BCUT2D eigenvalue weighted by Crippen LogP contribution is -2.52. The van der Waals surface area contributed by atoms with Gasteiger partial charge < -0.3 is 10.2 Å². The highest BCUT2D eigenvalue weighted by atomic mass is 19.4. The van der Waals surface area contributed by atoms with Gasteiger partial charge in [-0.05, 0) is 112 Å². The van der Waals surface area contributed by atoms with E-state index in [4.69, 9.17) is 0 Å². The van der Waals surface area contributed by atoms with Gasteiger partial charge in [0.1, 0.15) is 0 Å². The number of aliphatic hydroxyl groups excluding tert-OH is 1. The largest absolute Gasteiger partial charge is 0.393 e. The van der Waals surface area contributed by atoms with E-state index in [0.29, 0.717) is 36.0 Å². The topological polar surface area (TPSA) is 40.5 Å². The zero-order chi connectivity index (χ0) is 23.5. The Labute approximate surface area is 192 Å². The minimum atomic E-state index is -4.29. The summed E-state index contributed by atoms with van der Waals surface area (Å²) in [4.78, 5) is 0. The van der Waals surface area contributed by atoms with Crippen LogP contribution in [0.25, 0.3) is 0 Å². The molecule has 0 aromatic carbocycles. The number of alkyl halides is 3. The predicted molar refractivity (Wildman–Crippen MR) is 121 cm³/mol. The number of fused-ring (bicyclic) bond motifs is 5. The molecule has 32 heavy (non-hydrogen) atoms. The predicted octanol–water partition coefficient (Wildman–Crippen LogP) is 7.05.